The van der Waals surface area contributed by atoms with E-state index in [1.165, 1.54) is 35.6 Å². The van der Waals surface area contributed by atoms with Crippen LogP contribution in [0.25, 0.3) is 21.8 Å². The monoisotopic (exact) mass is 633 g/mol. The summed E-state index contributed by atoms with van der Waals surface area (Å²) in [7, 11) is 0. The Bertz CT molecular complexity index is 2150. The standard InChI is InChI=1S/C29H27N7O8S/c30-18(13-35-25(39)16-7-1-3-9-19(16)33-28(35)43)23(37)32-22(24(38)31-21(27(41)42)12-15-6-5-11-45-15)14-36-26(40)17-8-2-4-10-20(17)34-29(36)44/h1-11,18,21-22H,12-14,30H2,(H,31,38)(H,32,37)(H,33,43)(H,34,44)(H,41,42)/t18-,21-,22-/m1/s1. The zero-order valence-corrected chi connectivity index (χ0v) is 24.2. The number of hydrogen-bond donors (Lipinski definition) is 6. The molecule has 0 saturated heterocycles. The summed E-state index contributed by atoms with van der Waals surface area (Å²) in [4.78, 5) is 96.1. The van der Waals surface area contributed by atoms with Crippen LogP contribution < -0.4 is 38.9 Å². The minimum atomic E-state index is -1.67. The van der Waals surface area contributed by atoms with Crippen LogP contribution in [0.1, 0.15) is 4.88 Å². The summed E-state index contributed by atoms with van der Waals surface area (Å²) in [5, 5.41) is 16.5. The normalized spacial score (nSPS) is 13.3. The molecule has 2 amide bonds. The van der Waals surface area contributed by atoms with Crippen molar-refractivity contribution in [3.05, 3.63) is 113 Å². The Kier molecular flexibility index (Phi) is 8.87. The third kappa shape index (κ3) is 6.66. The van der Waals surface area contributed by atoms with Crippen LogP contribution in [0.5, 0.6) is 0 Å². The molecule has 2 aromatic carbocycles. The van der Waals surface area contributed by atoms with E-state index in [9.17, 15) is 38.7 Å². The van der Waals surface area contributed by atoms with Gasteiger partial charge in [-0.15, -0.1) is 11.3 Å². The fourth-order valence-corrected chi connectivity index (χ4v) is 5.52. The number of rotatable bonds is 11. The minimum absolute atomic E-state index is 0.0664. The zero-order chi connectivity index (χ0) is 32.2. The Hall–Kier alpha value is -5.61. The van der Waals surface area contributed by atoms with Gasteiger partial charge in [-0.2, -0.15) is 0 Å². The van der Waals surface area contributed by atoms with Crippen LogP contribution in [0.15, 0.2) is 85.2 Å². The number of nitrogens with zero attached hydrogens (tertiary/aromatic N) is 2. The molecule has 0 unspecified atom stereocenters. The highest BCUT2D eigenvalue weighted by Crippen LogP contribution is 2.12. The topological polar surface area (TPSA) is 231 Å². The number of nitrogens with two attached hydrogens (primary N) is 1. The van der Waals surface area contributed by atoms with E-state index < -0.39 is 71.5 Å². The van der Waals surface area contributed by atoms with Gasteiger partial charge in [-0.3, -0.25) is 28.3 Å². The van der Waals surface area contributed by atoms with Crippen LogP contribution in [0.2, 0.25) is 0 Å². The van der Waals surface area contributed by atoms with Crippen molar-refractivity contribution in [1.82, 2.24) is 29.7 Å². The lowest BCUT2D eigenvalue weighted by Gasteiger charge is -2.23. The molecule has 3 aromatic heterocycles. The maximum Gasteiger partial charge on any atom is 0.328 e. The number of amides is 2. The lowest BCUT2D eigenvalue weighted by atomic mass is 10.1. The zero-order valence-electron chi connectivity index (χ0n) is 23.4. The van der Waals surface area contributed by atoms with Gasteiger partial charge >= 0.3 is 17.3 Å². The van der Waals surface area contributed by atoms with Crippen molar-refractivity contribution in [1.29, 1.82) is 0 Å². The summed E-state index contributed by atoms with van der Waals surface area (Å²) in [5.41, 5.74) is 3.46. The summed E-state index contributed by atoms with van der Waals surface area (Å²) >= 11 is 1.28. The van der Waals surface area contributed by atoms with Gasteiger partial charge in [0, 0.05) is 11.3 Å². The van der Waals surface area contributed by atoms with Gasteiger partial charge < -0.3 is 31.4 Å². The predicted molar refractivity (Wildman–Crippen MR) is 165 cm³/mol. The number of carboxylic acids is 1. The fraction of sp³-hybridized carbons (Fsp3) is 0.207. The molecule has 3 atom stereocenters. The molecule has 3 heterocycles. The number of carboxylic acid groups (broad SMARTS) is 1. The van der Waals surface area contributed by atoms with Gasteiger partial charge in [0.05, 0.1) is 34.9 Å². The Balaban J connectivity index is 1.44. The first-order valence-corrected chi connectivity index (χ1v) is 14.5. The van der Waals surface area contributed by atoms with Gasteiger partial charge in [0.2, 0.25) is 11.8 Å². The second kappa shape index (κ2) is 12.9. The number of aromatic amines is 2. The number of aliphatic carboxylic acids is 1. The van der Waals surface area contributed by atoms with Crippen molar-refractivity contribution in [2.45, 2.75) is 37.6 Å². The first kappa shape index (κ1) is 30.8. The smallest absolute Gasteiger partial charge is 0.328 e. The summed E-state index contributed by atoms with van der Waals surface area (Å²) in [6, 6.07) is 11.2. The molecule has 0 fully saturated rings. The predicted octanol–water partition coefficient (Wildman–Crippen LogP) is -0.921. The average Bonchev–Trinajstić information content (AvgIpc) is 3.53. The Labute approximate surface area is 255 Å². The molecule has 16 heteroatoms. The van der Waals surface area contributed by atoms with Crippen LogP contribution in [0, 0.1) is 0 Å². The molecule has 0 aliphatic heterocycles. The number of fused-ring (bicyclic) bond motifs is 2. The first-order valence-electron chi connectivity index (χ1n) is 13.6. The molecule has 45 heavy (non-hydrogen) atoms. The number of carbonyl (C=O) groups is 3. The number of para-hydroxylation sites is 2. The molecule has 5 rings (SSSR count). The Morgan fingerprint density at radius 1 is 0.756 bits per heavy atom. The molecular weight excluding hydrogens is 606 g/mol. The highest BCUT2D eigenvalue weighted by atomic mass is 32.1. The van der Waals surface area contributed by atoms with Crippen molar-refractivity contribution in [2.24, 2.45) is 5.73 Å². The molecule has 0 bridgehead atoms. The largest absolute Gasteiger partial charge is 0.480 e. The van der Waals surface area contributed by atoms with Gasteiger partial charge in [-0.05, 0) is 35.7 Å². The average molecular weight is 634 g/mol. The van der Waals surface area contributed by atoms with Crippen LogP contribution in [-0.4, -0.2) is 60.1 Å². The first-order chi connectivity index (χ1) is 21.5. The molecule has 15 nitrogen and oxygen atoms in total. The molecule has 0 spiro atoms. The van der Waals surface area contributed by atoms with E-state index in [2.05, 4.69) is 20.6 Å². The molecule has 0 aliphatic rings. The molecule has 5 aromatic rings. The van der Waals surface area contributed by atoms with Crippen molar-refractivity contribution in [2.75, 3.05) is 0 Å². The molecular formula is C29H27N7O8S. The molecule has 232 valence electrons. The molecule has 0 radical (unpaired) electrons. The van der Waals surface area contributed by atoms with E-state index in [-0.39, 0.29) is 22.7 Å². The van der Waals surface area contributed by atoms with Crippen LogP contribution in [0.4, 0.5) is 0 Å². The van der Waals surface area contributed by atoms with Crippen molar-refractivity contribution in [3.8, 4) is 0 Å². The van der Waals surface area contributed by atoms with Gasteiger partial charge in [-0.1, -0.05) is 30.3 Å². The third-order valence-electron chi connectivity index (χ3n) is 7.09. The lowest BCUT2D eigenvalue weighted by molar-refractivity contribution is -0.142. The quantitative estimate of drug-likeness (QED) is 0.105. The number of H-pyrrole nitrogens is 2. The molecule has 0 saturated carbocycles. The van der Waals surface area contributed by atoms with Crippen LogP contribution in [0.3, 0.4) is 0 Å². The maximum atomic E-state index is 13.5. The van der Waals surface area contributed by atoms with E-state index in [4.69, 9.17) is 5.73 Å². The molecule has 7 N–H and O–H groups in total. The fourth-order valence-electron chi connectivity index (χ4n) is 4.77. The van der Waals surface area contributed by atoms with Crippen LogP contribution >= 0.6 is 11.3 Å². The number of carbonyl (C=O) groups excluding carboxylic acids is 2. The Morgan fingerprint density at radius 3 is 1.82 bits per heavy atom. The van der Waals surface area contributed by atoms with Gasteiger partial charge in [-0.25, -0.2) is 14.4 Å². The number of thiophene rings is 1. The summed E-state index contributed by atoms with van der Waals surface area (Å²) < 4.78 is 1.44. The number of aromatic nitrogens is 4. The number of hydrogen-bond acceptors (Lipinski definition) is 9. The van der Waals surface area contributed by atoms with Crippen molar-refractivity contribution < 1.29 is 19.5 Å². The summed E-state index contributed by atoms with van der Waals surface area (Å²) in [6.07, 6.45) is -0.0664. The number of nitrogens with one attached hydrogen (secondary N) is 4. The second-order valence-corrected chi connectivity index (χ2v) is 11.2. The highest BCUT2D eigenvalue weighted by Gasteiger charge is 2.30. The van der Waals surface area contributed by atoms with E-state index >= 15 is 0 Å². The van der Waals surface area contributed by atoms with Gasteiger partial charge in [0.25, 0.3) is 11.1 Å². The van der Waals surface area contributed by atoms with E-state index in [0.29, 0.717) is 15.0 Å². The van der Waals surface area contributed by atoms with Crippen molar-refractivity contribution in [3.63, 3.8) is 0 Å². The third-order valence-corrected chi connectivity index (χ3v) is 7.99. The number of benzene rings is 2. The van der Waals surface area contributed by atoms with E-state index in [1.54, 1.807) is 41.8 Å². The summed E-state index contributed by atoms with van der Waals surface area (Å²) in [5.74, 6) is -3.38. The Morgan fingerprint density at radius 2 is 1.29 bits per heavy atom. The van der Waals surface area contributed by atoms with E-state index in [0.717, 1.165) is 4.57 Å². The van der Waals surface area contributed by atoms with Gasteiger partial charge in [0.1, 0.15) is 18.1 Å². The van der Waals surface area contributed by atoms with Crippen molar-refractivity contribution >= 4 is 50.9 Å². The SMILES string of the molecule is N[C@H](Cn1c(=O)[nH]c2ccccc2c1=O)C(=O)N[C@H](Cn1c(=O)[nH]c2ccccc2c1=O)C(=O)N[C@H](Cc1cccs1)C(=O)O. The highest BCUT2D eigenvalue weighted by molar-refractivity contribution is 7.09. The minimum Gasteiger partial charge on any atom is -0.480 e. The van der Waals surface area contributed by atoms with Crippen LogP contribution in [-0.2, 0) is 33.9 Å². The van der Waals surface area contributed by atoms with Gasteiger partial charge in [0.15, 0.2) is 0 Å². The van der Waals surface area contributed by atoms with E-state index in [1.807, 2.05) is 0 Å². The summed E-state index contributed by atoms with van der Waals surface area (Å²) in [6.45, 7) is -1.27. The second-order valence-electron chi connectivity index (χ2n) is 10.1. The maximum absolute atomic E-state index is 13.5. The molecule has 0 aliphatic carbocycles. The lowest BCUT2D eigenvalue weighted by Crippen LogP contribution is -2.58.